The smallest absolute Gasteiger partial charge is 0.352 e. The van der Waals surface area contributed by atoms with E-state index in [0.29, 0.717) is 17.0 Å². The minimum Gasteiger partial charge on any atom is -0.477 e. The van der Waals surface area contributed by atoms with Gasteiger partial charge in [-0.2, -0.15) is 0 Å². The molecule has 2 aliphatic heterocycles. The van der Waals surface area contributed by atoms with E-state index in [1.54, 1.807) is 6.92 Å². The van der Waals surface area contributed by atoms with Crippen molar-refractivity contribution in [2.45, 2.75) is 25.5 Å². The quantitative estimate of drug-likeness (QED) is 0.623. The number of aliphatic hydroxyl groups is 1. The SMILES string of the molecule is C[C@@H](O)[C@H]1C(=O)N2C(C(=O)O)=C(c3cccc(C(=S)N(C)C)c3)C[C@H]12. The van der Waals surface area contributed by atoms with Crippen LogP contribution in [0.15, 0.2) is 30.0 Å². The molecule has 0 radical (unpaired) electrons. The Kier molecular flexibility index (Phi) is 4.38. The van der Waals surface area contributed by atoms with Gasteiger partial charge in [-0.05, 0) is 30.5 Å². The van der Waals surface area contributed by atoms with Gasteiger partial charge in [0.1, 0.15) is 10.7 Å². The number of aliphatic hydroxyl groups excluding tert-OH is 1. The number of fused-ring (bicyclic) bond motifs is 1. The van der Waals surface area contributed by atoms with E-state index in [-0.39, 0.29) is 17.6 Å². The van der Waals surface area contributed by atoms with E-state index < -0.39 is 18.0 Å². The molecule has 1 aromatic carbocycles. The second kappa shape index (κ2) is 6.24. The molecule has 1 saturated heterocycles. The third-order valence-corrected chi connectivity index (χ3v) is 5.40. The van der Waals surface area contributed by atoms with Crippen molar-refractivity contribution < 1.29 is 19.8 Å². The van der Waals surface area contributed by atoms with Gasteiger partial charge in [0.05, 0.1) is 18.1 Å². The van der Waals surface area contributed by atoms with E-state index in [9.17, 15) is 19.8 Å². The van der Waals surface area contributed by atoms with Gasteiger partial charge in [0.25, 0.3) is 0 Å². The Labute approximate surface area is 151 Å². The first-order valence-corrected chi connectivity index (χ1v) is 8.44. The summed E-state index contributed by atoms with van der Waals surface area (Å²) >= 11 is 5.39. The number of aliphatic carboxylic acids is 1. The molecule has 132 valence electrons. The highest BCUT2D eigenvalue weighted by molar-refractivity contribution is 7.80. The molecule has 25 heavy (non-hydrogen) atoms. The van der Waals surface area contributed by atoms with Crippen LogP contribution in [0.25, 0.3) is 5.57 Å². The normalized spacial score (nSPS) is 23.2. The van der Waals surface area contributed by atoms with E-state index in [0.717, 1.165) is 11.1 Å². The van der Waals surface area contributed by atoms with Crippen LogP contribution >= 0.6 is 12.2 Å². The highest BCUT2D eigenvalue weighted by Crippen LogP contribution is 2.46. The Bertz CT molecular complexity index is 800. The monoisotopic (exact) mass is 360 g/mol. The zero-order valence-corrected chi connectivity index (χ0v) is 15.1. The van der Waals surface area contributed by atoms with Crippen molar-refractivity contribution in [1.82, 2.24) is 9.80 Å². The van der Waals surface area contributed by atoms with Gasteiger partial charge in [-0.15, -0.1) is 0 Å². The first-order chi connectivity index (χ1) is 11.7. The molecule has 0 aromatic heterocycles. The van der Waals surface area contributed by atoms with Gasteiger partial charge in [-0.3, -0.25) is 4.79 Å². The predicted octanol–water partition coefficient (Wildman–Crippen LogP) is 1.33. The number of amides is 1. The van der Waals surface area contributed by atoms with E-state index in [1.165, 1.54) is 4.90 Å². The van der Waals surface area contributed by atoms with Crippen LogP contribution in [0.2, 0.25) is 0 Å². The lowest BCUT2D eigenvalue weighted by atomic mass is 9.82. The van der Waals surface area contributed by atoms with Gasteiger partial charge in [-0.25, -0.2) is 4.79 Å². The molecule has 3 atom stereocenters. The second-order valence-corrected chi connectivity index (χ2v) is 7.05. The molecule has 0 aliphatic carbocycles. The van der Waals surface area contributed by atoms with Gasteiger partial charge in [0.2, 0.25) is 5.91 Å². The molecule has 3 rings (SSSR count). The maximum Gasteiger partial charge on any atom is 0.352 e. The number of hydrogen-bond acceptors (Lipinski definition) is 4. The van der Waals surface area contributed by atoms with E-state index in [4.69, 9.17) is 12.2 Å². The Morgan fingerprint density at radius 1 is 1.40 bits per heavy atom. The zero-order valence-electron chi connectivity index (χ0n) is 14.3. The van der Waals surface area contributed by atoms with Crippen LogP contribution in [0.5, 0.6) is 0 Å². The molecule has 0 bridgehead atoms. The first kappa shape index (κ1) is 17.6. The van der Waals surface area contributed by atoms with E-state index >= 15 is 0 Å². The first-order valence-electron chi connectivity index (χ1n) is 8.03. The molecule has 1 fully saturated rings. The van der Waals surface area contributed by atoms with E-state index in [1.807, 2.05) is 43.3 Å². The summed E-state index contributed by atoms with van der Waals surface area (Å²) in [6.45, 7) is 1.56. The Balaban J connectivity index is 2.02. The number of rotatable bonds is 4. The molecule has 1 aromatic rings. The molecule has 2 heterocycles. The van der Waals surface area contributed by atoms with Gasteiger partial charge in [0, 0.05) is 19.7 Å². The van der Waals surface area contributed by atoms with Crippen molar-refractivity contribution in [2.75, 3.05) is 14.1 Å². The fraction of sp³-hybridized carbons (Fsp3) is 0.389. The number of nitrogens with zero attached hydrogens (tertiary/aromatic N) is 2. The molecule has 0 unspecified atom stereocenters. The molecule has 6 nitrogen and oxygen atoms in total. The second-order valence-electron chi connectivity index (χ2n) is 6.66. The average molecular weight is 360 g/mol. The Morgan fingerprint density at radius 3 is 2.64 bits per heavy atom. The number of β-lactam (4-membered cyclic amide) rings is 1. The summed E-state index contributed by atoms with van der Waals surface area (Å²) in [5.74, 6) is -2.00. The summed E-state index contributed by atoms with van der Waals surface area (Å²) in [5.41, 5.74) is 2.19. The zero-order chi connectivity index (χ0) is 18.5. The highest BCUT2D eigenvalue weighted by Gasteiger charge is 2.56. The molecule has 1 amide bonds. The fourth-order valence-electron chi connectivity index (χ4n) is 3.63. The van der Waals surface area contributed by atoms with Crippen molar-refractivity contribution in [3.63, 3.8) is 0 Å². The van der Waals surface area contributed by atoms with Crippen LogP contribution < -0.4 is 0 Å². The lowest BCUT2D eigenvalue weighted by Gasteiger charge is -2.44. The van der Waals surface area contributed by atoms with Crippen molar-refractivity contribution >= 4 is 34.7 Å². The third-order valence-electron chi connectivity index (χ3n) is 4.80. The number of hydrogen-bond donors (Lipinski definition) is 2. The Hall–Kier alpha value is -2.25. The van der Waals surface area contributed by atoms with Crippen molar-refractivity contribution in [2.24, 2.45) is 5.92 Å². The third kappa shape index (κ3) is 2.73. The van der Waals surface area contributed by atoms with Crippen LogP contribution in [0.3, 0.4) is 0 Å². The van der Waals surface area contributed by atoms with Gasteiger partial charge in [-0.1, -0.05) is 30.4 Å². The number of carbonyl (C=O) groups is 2. The number of carboxylic acid groups (broad SMARTS) is 1. The lowest BCUT2D eigenvalue weighted by Crippen LogP contribution is -2.61. The molecular weight excluding hydrogens is 340 g/mol. The summed E-state index contributed by atoms with van der Waals surface area (Å²) in [7, 11) is 3.70. The highest BCUT2D eigenvalue weighted by atomic mass is 32.1. The van der Waals surface area contributed by atoms with Crippen LogP contribution in [0, 0.1) is 5.92 Å². The van der Waals surface area contributed by atoms with Crippen LogP contribution in [-0.4, -0.2) is 63.1 Å². The molecule has 7 heteroatoms. The van der Waals surface area contributed by atoms with Crippen LogP contribution in [0.4, 0.5) is 0 Å². The van der Waals surface area contributed by atoms with Crippen molar-refractivity contribution in [1.29, 1.82) is 0 Å². The number of carboxylic acids is 1. The van der Waals surface area contributed by atoms with E-state index in [2.05, 4.69) is 0 Å². The average Bonchev–Trinajstić information content (AvgIpc) is 2.89. The molecule has 2 aliphatic rings. The van der Waals surface area contributed by atoms with Gasteiger partial charge < -0.3 is 20.0 Å². The summed E-state index contributed by atoms with van der Waals surface area (Å²) in [6, 6.07) is 7.09. The number of benzene rings is 1. The minimum atomic E-state index is -1.13. The minimum absolute atomic E-state index is 0.0137. The van der Waals surface area contributed by atoms with Crippen LogP contribution in [-0.2, 0) is 9.59 Å². The topological polar surface area (TPSA) is 81.1 Å². The Morgan fingerprint density at radius 2 is 2.08 bits per heavy atom. The summed E-state index contributed by atoms with van der Waals surface area (Å²) in [4.78, 5) is 27.8. The molecule has 0 spiro atoms. The summed E-state index contributed by atoms with van der Waals surface area (Å²) < 4.78 is 0. The lowest BCUT2D eigenvalue weighted by molar-refractivity contribution is -0.161. The largest absolute Gasteiger partial charge is 0.477 e. The van der Waals surface area contributed by atoms with Crippen molar-refractivity contribution in [3.05, 3.63) is 41.1 Å². The summed E-state index contributed by atoms with van der Waals surface area (Å²) in [5, 5.41) is 19.4. The maximum atomic E-state index is 12.3. The molecule has 0 saturated carbocycles. The van der Waals surface area contributed by atoms with Gasteiger partial charge >= 0.3 is 5.97 Å². The number of thiocarbonyl (C=S) groups is 1. The number of carbonyl (C=O) groups excluding carboxylic acids is 1. The van der Waals surface area contributed by atoms with Gasteiger partial charge in [0.15, 0.2) is 0 Å². The van der Waals surface area contributed by atoms with Crippen LogP contribution in [0.1, 0.15) is 24.5 Å². The maximum absolute atomic E-state index is 12.3. The summed E-state index contributed by atoms with van der Waals surface area (Å²) in [6.07, 6.45) is -0.378. The molecule has 2 N–H and O–H groups in total. The predicted molar refractivity (Wildman–Crippen MR) is 96.8 cm³/mol. The molecular formula is C18H20N2O4S. The van der Waals surface area contributed by atoms with Crippen molar-refractivity contribution in [3.8, 4) is 0 Å². The standard InChI is InChI=1S/C18H20N2O4S/c1-9(21)14-13-8-12(15(18(23)24)20(13)16(14)22)10-5-4-6-11(7-10)17(25)19(2)3/h4-7,9,13-14,21H,8H2,1-3H3,(H,23,24)/t9-,13-,14-/m1/s1. The fourth-order valence-corrected chi connectivity index (χ4v) is 3.75.